The first-order chi connectivity index (χ1) is 9.22. The fourth-order valence-corrected chi connectivity index (χ4v) is 1.85. The van der Waals surface area contributed by atoms with Crippen molar-refractivity contribution >= 4 is 17.6 Å². The highest BCUT2D eigenvalue weighted by molar-refractivity contribution is 5.52. The first kappa shape index (κ1) is 13.1. The van der Waals surface area contributed by atoms with Crippen molar-refractivity contribution in [2.75, 3.05) is 22.6 Å². The molecule has 1 aromatic heterocycles. The first-order valence-corrected chi connectivity index (χ1v) is 6.13. The monoisotopic (exact) mass is 258 g/mol. The lowest BCUT2D eigenvalue weighted by Crippen LogP contribution is -2.24. The molecule has 6 nitrogen and oxygen atoms in total. The van der Waals surface area contributed by atoms with Crippen LogP contribution >= 0.6 is 0 Å². The fourth-order valence-electron chi connectivity index (χ4n) is 1.85. The number of nitrogens with zero attached hydrogens (tertiary/aromatic N) is 3. The molecule has 0 spiro atoms. The Kier molecular flexibility index (Phi) is 4.15. The highest BCUT2D eigenvalue weighted by Gasteiger charge is 2.09. The topological polar surface area (TPSA) is 93.1 Å². The zero-order chi connectivity index (χ0) is 13.7. The molecule has 0 aliphatic carbocycles. The van der Waals surface area contributed by atoms with E-state index in [9.17, 15) is 0 Å². The lowest BCUT2D eigenvalue weighted by atomic mass is 10.2. The molecule has 0 atom stereocenters. The number of hydrazine groups is 1. The second kappa shape index (κ2) is 6.01. The summed E-state index contributed by atoms with van der Waals surface area (Å²) in [5, 5.41) is 0. The van der Waals surface area contributed by atoms with E-state index in [1.165, 1.54) is 5.56 Å². The van der Waals surface area contributed by atoms with Crippen molar-refractivity contribution in [1.82, 2.24) is 9.97 Å². The minimum absolute atomic E-state index is 0.206. The van der Waals surface area contributed by atoms with Crippen LogP contribution in [0.1, 0.15) is 12.5 Å². The molecule has 0 saturated heterocycles. The van der Waals surface area contributed by atoms with Crippen molar-refractivity contribution in [1.29, 1.82) is 0 Å². The van der Waals surface area contributed by atoms with E-state index in [4.69, 9.17) is 11.6 Å². The van der Waals surface area contributed by atoms with Crippen molar-refractivity contribution in [3.8, 4) is 0 Å². The zero-order valence-corrected chi connectivity index (χ0v) is 10.9. The quantitative estimate of drug-likeness (QED) is 0.554. The molecule has 1 heterocycles. The molecule has 0 bridgehead atoms. The molecule has 6 heteroatoms. The molecule has 0 fully saturated rings. The van der Waals surface area contributed by atoms with Crippen LogP contribution in [0.3, 0.4) is 0 Å². The molecule has 0 saturated carbocycles. The van der Waals surface area contributed by atoms with Gasteiger partial charge in [-0.2, -0.15) is 9.97 Å². The number of rotatable bonds is 5. The van der Waals surface area contributed by atoms with E-state index in [0.29, 0.717) is 5.82 Å². The molecule has 2 rings (SSSR count). The number of nitrogens with two attached hydrogens (primary N) is 2. The first-order valence-electron chi connectivity index (χ1n) is 6.13. The van der Waals surface area contributed by atoms with Crippen LogP contribution in [0.25, 0.3) is 0 Å². The maximum Gasteiger partial charge on any atom is 0.223 e. The third-order valence-electron chi connectivity index (χ3n) is 2.80. The lowest BCUT2D eigenvalue weighted by Gasteiger charge is -2.22. The van der Waals surface area contributed by atoms with Crippen LogP contribution in [0, 0.1) is 0 Å². The SMILES string of the molecule is CCN(Cc1ccccc1)c1cc(NN)nc(N)n1. The van der Waals surface area contributed by atoms with E-state index in [2.05, 4.69) is 39.4 Å². The van der Waals surface area contributed by atoms with Crippen LogP contribution < -0.4 is 21.9 Å². The molecule has 0 aliphatic rings. The van der Waals surface area contributed by atoms with Gasteiger partial charge in [-0.25, -0.2) is 5.84 Å². The van der Waals surface area contributed by atoms with Crippen LogP contribution in [0.2, 0.25) is 0 Å². The molecular formula is C13H18N6. The number of hydrogen-bond donors (Lipinski definition) is 3. The predicted octanol–water partition coefficient (Wildman–Crippen LogP) is 1.37. The van der Waals surface area contributed by atoms with Gasteiger partial charge in [0.25, 0.3) is 0 Å². The summed E-state index contributed by atoms with van der Waals surface area (Å²) in [4.78, 5) is 10.3. The van der Waals surface area contributed by atoms with Crippen LogP contribution in [-0.2, 0) is 6.54 Å². The Labute approximate surface area is 112 Å². The molecule has 0 aliphatic heterocycles. The Morgan fingerprint density at radius 2 is 1.95 bits per heavy atom. The largest absolute Gasteiger partial charge is 0.368 e. The standard InChI is InChI=1S/C13H18N6/c1-2-19(9-10-6-4-3-5-7-10)12-8-11(18-15)16-13(14)17-12/h3-8H,2,9,15H2,1H3,(H3,14,16,17,18). The highest BCUT2D eigenvalue weighted by atomic mass is 15.3. The summed E-state index contributed by atoms with van der Waals surface area (Å²) in [5.74, 6) is 6.84. The second-order valence-corrected chi connectivity index (χ2v) is 4.11. The van der Waals surface area contributed by atoms with E-state index in [0.717, 1.165) is 18.9 Å². The third kappa shape index (κ3) is 3.32. The van der Waals surface area contributed by atoms with E-state index in [1.807, 2.05) is 18.2 Å². The van der Waals surface area contributed by atoms with Crippen LogP contribution in [0.4, 0.5) is 17.6 Å². The third-order valence-corrected chi connectivity index (χ3v) is 2.80. The van der Waals surface area contributed by atoms with Gasteiger partial charge in [0.15, 0.2) is 0 Å². The number of hydrogen-bond acceptors (Lipinski definition) is 6. The summed E-state index contributed by atoms with van der Waals surface area (Å²) in [5.41, 5.74) is 9.38. The molecule has 19 heavy (non-hydrogen) atoms. The van der Waals surface area contributed by atoms with E-state index in [1.54, 1.807) is 6.07 Å². The van der Waals surface area contributed by atoms with Crippen molar-refractivity contribution in [2.45, 2.75) is 13.5 Å². The predicted molar refractivity (Wildman–Crippen MR) is 77.4 cm³/mol. The van der Waals surface area contributed by atoms with E-state index < -0.39 is 0 Å². The van der Waals surface area contributed by atoms with E-state index in [-0.39, 0.29) is 5.95 Å². The summed E-state index contributed by atoms with van der Waals surface area (Å²) < 4.78 is 0. The Morgan fingerprint density at radius 3 is 2.58 bits per heavy atom. The van der Waals surface area contributed by atoms with Crippen molar-refractivity contribution < 1.29 is 0 Å². The summed E-state index contributed by atoms with van der Waals surface area (Å²) in [7, 11) is 0. The van der Waals surface area contributed by atoms with Crippen LogP contribution in [0.15, 0.2) is 36.4 Å². The molecule has 1 aromatic carbocycles. The minimum atomic E-state index is 0.206. The Bertz CT molecular complexity index is 528. The van der Waals surface area contributed by atoms with Crippen molar-refractivity contribution in [3.05, 3.63) is 42.0 Å². The smallest absolute Gasteiger partial charge is 0.223 e. The number of nitrogens with one attached hydrogen (secondary N) is 1. The van der Waals surface area contributed by atoms with Gasteiger partial charge < -0.3 is 16.1 Å². The van der Waals surface area contributed by atoms with Gasteiger partial charge in [0.1, 0.15) is 11.6 Å². The normalized spacial score (nSPS) is 10.2. The molecule has 0 radical (unpaired) electrons. The second-order valence-electron chi connectivity index (χ2n) is 4.11. The number of aromatic nitrogens is 2. The number of anilines is 3. The van der Waals surface area contributed by atoms with Gasteiger partial charge in [-0.15, -0.1) is 0 Å². The molecule has 0 unspecified atom stereocenters. The van der Waals surface area contributed by atoms with Gasteiger partial charge in [0.2, 0.25) is 5.95 Å². The number of nitrogen functional groups attached to an aromatic ring is 2. The zero-order valence-electron chi connectivity index (χ0n) is 10.9. The highest BCUT2D eigenvalue weighted by Crippen LogP contribution is 2.18. The van der Waals surface area contributed by atoms with Crippen molar-refractivity contribution in [3.63, 3.8) is 0 Å². The molecule has 0 amide bonds. The fraction of sp³-hybridized carbons (Fsp3) is 0.231. The van der Waals surface area contributed by atoms with Gasteiger partial charge in [0.05, 0.1) is 0 Å². The van der Waals surface area contributed by atoms with E-state index >= 15 is 0 Å². The van der Waals surface area contributed by atoms with Gasteiger partial charge >= 0.3 is 0 Å². The van der Waals surface area contributed by atoms with Gasteiger partial charge in [-0.3, -0.25) is 0 Å². The molecule has 100 valence electrons. The van der Waals surface area contributed by atoms with Crippen molar-refractivity contribution in [2.24, 2.45) is 5.84 Å². The Hall–Kier alpha value is -2.34. The summed E-state index contributed by atoms with van der Waals surface area (Å²) in [6.07, 6.45) is 0. The molecule has 2 aromatic rings. The minimum Gasteiger partial charge on any atom is -0.368 e. The van der Waals surface area contributed by atoms with Gasteiger partial charge in [-0.1, -0.05) is 30.3 Å². The molecular weight excluding hydrogens is 240 g/mol. The summed E-state index contributed by atoms with van der Waals surface area (Å²) in [6, 6.07) is 12.0. The lowest BCUT2D eigenvalue weighted by molar-refractivity contribution is 0.812. The number of benzene rings is 1. The average molecular weight is 258 g/mol. The summed E-state index contributed by atoms with van der Waals surface area (Å²) >= 11 is 0. The Morgan fingerprint density at radius 1 is 1.21 bits per heavy atom. The van der Waals surface area contributed by atoms with Gasteiger partial charge in [-0.05, 0) is 12.5 Å². The summed E-state index contributed by atoms with van der Waals surface area (Å²) in [6.45, 7) is 3.64. The van der Waals surface area contributed by atoms with Gasteiger partial charge in [0, 0.05) is 19.2 Å². The van der Waals surface area contributed by atoms with Crippen LogP contribution in [-0.4, -0.2) is 16.5 Å². The average Bonchev–Trinajstić information content (AvgIpc) is 2.45. The molecule has 5 N–H and O–H groups in total. The Balaban J connectivity index is 2.24. The van der Waals surface area contributed by atoms with Crippen LogP contribution in [0.5, 0.6) is 0 Å². The maximum absolute atomic E-state index is 5.68. The maximum atomic E-state index is 5.68.